The molecule has 0 unspecified atom stereocenters. The molecule has 1 radical (unpaired) electrons. The maximum atomic E-state index is 6.18. The van der Waals surface area contributed by atoms with Crippen LogP contribution in [0.4, 0.5) is 0 Å². The topological polar surface area (TPSA) is 31.0 Å². The fraction of sp³-hybridized carbons (Fsp3) is 0.0645. The normalized spacial score (nSPS) is 11.5. The van der Waals surface area contributed by atoms with Gasteiger partial charge in [-0.15, -0.1) is 35.4 Å². The summed E-state index contributed by atoms with van der Waals surface area (Å²) in [6.07, 6.45) is 1.82. The van der Waals surface area contributed by atoms with Crippen LogP contribution < -0.4 is 0 Å². The second-order valence-electron chi connectivity index (χ2n) is 8.65. The van der Waals surface area contributed by atoms with Gasteiger partial charge in [0.15, 0.2) is 0 Å². The average molecular weight is 630 g/mol. The van der Waals surface area contributed by atoms with E-state index < -0.39 is 0 Å². The van der Waals surface area contributed by atoms with E-state index in [-0.39, 0.29) is 20.1 Å². The van der Waals surface area contributed by atoms with Crippen LogP contribution in [0.2, 0.25) is 0 Å². The van der Waals surface area contributed by atoms with E-state index in [1.165, 1.54) is 27.4 Å². The van der Waals surface area contributed by atoms with Crippen LogP contribution in [0.25, 0.3) is 66.1 Å². The smallest absolute Gasteiger partial charge is 0.137 e. The Morgan fingerprint density at radius 3 is 2.43 bits per heavy atom. The van der Waals surface area contributed by atoms with Crippen molar-refractivity contribution in [2.24, 2.45) is 0 Å². The standard InChI is InChI=1S/C31H21N2O.Ir/c1-2-33-28-14-13-21(20-8-7-9-22(16-20)27-11-5-6-15-32-27)17-24(28)25-18-26-23-10-3-4-12-30(23)34-31(26)19-29(25)33;/h3-8,10-19H,2H2,1H3;/q-1;. The third-order valence-electron chi connectivity index (χ3n) is 6.76. The van der Waals surface area contributed by atoms with E-state index in [1.54, 1.807) is 0 Å². The number of aromatic nitrogens is 2. The van der Waals surface area contributed by atoms with Crippen LogP contribution >= 0.6 is 0 Å². The van der Waals surface area contributed by atoms with Gasteiger partial charge in [-0.05, 0) is 48.5 Å². The first-order chi connectivity index (χ1) is 16.8. The van der Waals surface area contributed by atoms with Crippen molar-refractivity contribution in [1.29, 1.82) is 0 Å². The first kappa shape index (κ1) is 21.8. The van der Waals surface area contributed by atoms with Gasteiger partial charge in [-0.25, -0.2) is 0 Å². The molecule has 0 aliphatic carbocycles. The first-order valence-corrected chi connectivity index (χ1v) is 11.6. The van der Waals surface area contributed by atoms with Crippen molar-refractivity contribution in [2.45, 2.75) is 13.5 Å². The quantitative estimate of drug-likeness (QED) is 0.184. The van der Waals surface area contributed by atoms with Crippen LogP contribution in [0.15, 0.2) is 102 Å². The number of aryl methyl sites for hydroxylation is 1. The summed E-state index contributed by atoms with van der Waals surface area (Å²) in [6.45, 7) is 3.09. The number of hydrogen-bond donors (Lipinski definition) is 0. The molecular weight excluding hydrogens is 609 g/mol. The maximum Gasteiger partial charge on any atom is 0.137 e. The molecule has 0 atom stereocenters. The first-order valence-electron chi connectivity index (χ1n) is 11.6. The number of rotatable bonds is 3. The molecule has 0 saturated carbocycles. The summed E-state index contributed by atoms with van der Waals surface area (Å²) in [7, 11) is 0. The molecular formula is C31H21IrN2O-. The van der Waals surface area contributed by atoms with E-state index in [0.29, 0.717) is 0 Å². The zero-order chi connectivity index (χ0) is 22.6. The fourth-order valence-electron chi connectivity index (χ4n) is 5.15. The SMILES string of the molecule is CCn1c2ccc(-c3cc[c-]c(-c4ccccn4)c3)cc2c2cc3c(cc21)oc1ccccc13.[Ir]. The van der Waals surface area contributed by atoms with Crippen LogP contribution in [0, 0.1) is 6.07 Å². The Hall–Kier alpha value is -3.72. The Kier molecular flexibility index (Phi) is 5.29. The van der Waals surface area contributed by atoms with E-state index in [0.717, 1.165) is 45.3 Å². The monoisotopic (exact) mass is 630 g/mol. The molecule has 3 nitrogen and oxygen atoms in total. The Balaban J connectivity index is 0.00000229. The molecule has 3 heterocycles. The van der Waals surface area contributed by atoms with E-state index in [1.807, 2.05) is 42.6 Å². The second kappa shape index (κ2) is 8.49. The number of benzene rings is 4. The van der Waals surface area contributed by atoms with Gasteiger partial charge in [0.25, 0.3) is 0 Å². The van der Waals surface area contributed by atoms with Gasteiger partial charge in [0.1, 0.15) is 11.2 Å². The molecule has 0 amide bonds. The summed E-state index contributed by atoms with van der Waals surface area (Å²) in [5.41, 5.74) is 8.59. The molecule has 4 heteroatoms. The van der Waals surface area contributed by atoms with Crippen LogP contribution in [-0.2, 0) is 26.7 Å². The third kappa shape index (κ3) is 3.41. The minimum Gasteiger partial charge on any atom is -0.456 e. The zero-order valence-electron chi connectivity index (χ0n) is 19.1. The number of nitrogens with zero attached hydrogens (tertiary/aromatic N) is 2. The van der Waals surface area contributed by atoms with E-state index >= 15 is 0 Å². The fourth-order valence-corrected chi connectivity index (χ4v) is 5.15. The summed E-state index contributed by atoms with van der Waals surface area (Å²) in [6, 6.07) is 35.1. The molecule has 4 aromatic carbocycles. The van der Waals surface area contributed by atoms with Gasteiger partial charge >= 0.3 is 0 Å². The van der Waals surface area contributed by atoms with Gasteiger partial charge in [0.05, 0.1) is 5.52 Å². The van der Waals surface area contributed by atoms with E-state index in [9.17, 15) is 0 Å². The Morgan fingerprint density at radius 1 is 0.743 bits per heavy atom. The number of furan rings is 1. The molecule has 0 aliphatic rings. The predicted molar refractivity (Wildman–Crippen MR) is 140 cm³/mol. The largest absolute Gasteiger partial charge is 0.456 e. The Morgan fingerprint density at radius 2 is 1.57 bits per heavy atom. The zero-order valence-corrected chi connectivity index (χ0v) is 21.5. The number of hydrogen-bond acceptors (Lipinski definition) is 2. The molecule has 3 aromatic heterocycles. The summed E-state index contributed by atoms with van der Waals surface area (Å²) in [5.74, 6) is 0. The summed E-state index contributed by atoms with van der Waals surface area (Å²) < 4.78 is 8.56. The van der Waals surface area contributed by atoms with Crippen molar-refractivity contribution in [3.63, 3.8) is 0 Å². The van der Waals surface area contributed by atoms with Crippen molar-refractivity contribution in [3.05, 3.63) is 103 Å². The third-order valence-corrected chi connectivity index (χ3v) is 6.76. The molecule has 7 rings (SSSR count). The van der Waals surface area contributed by atoms with Crippen molar-refractivity contribution in [3.8, 4) is 22.4 Å². The van der Waals surface area contributed by atoms with Crippen LogP contribution in [0.1, 0.15) is 6.92 Å². The van der Waals surface area contributed by atoms with Gasteiger partial charge < -0.3 is 14.0 Å². The average Bonchev–Trinajstić information content (AvgIpc) is 3.42. The molecule has 0 fully saturated rings. The second-order valence-corrected chi connectivity index (χ2v) is 8.65. The van der Waals surface area contributed by atoms with Crippen molar-refractivity contribution >= 4 is 43.7 Å². The van der Waals surface area contributed by atoms with Crippen molar-refractivity contribution in [2.75, 3.05) is 0 Å². The van der Waals surface area contributed by atoms with Gasteiger partial charge in [-0.2, -0.15) is 0 Å². The Bertz CT molecular complexity index is 1850. The minimum absolute atomic E-state index is 0. The molecule has 171 valence electrons. The van der Waals surface area contributed by atoms with Crippen LogP contribution in [-0.4, -0.2) is 9.55 Å². The van der Waals surface area contributed by atoms with Crippen LogP contribution in [0.5, 0.6) is 0 Å². The van der Waals surface area contributed by atoms with E-state index in [2.05, 4.69) is 77.1 Å². The van der Waals surface area contributed by atoms with Gasteiger partial charge in [-0.3, -0.25) is 0 Å². The number of fused-ring (bicyclic) bond motifs is 6. The van der Waals surface area contributed by atoms with Gasteiger partial charge in [0, 0.05) is 66.0 Å². The predicted octanol–water partition coefficient (Wildman–Crippen LogP) is 8.24. The number of para-hydroxylation sites is 1. The molecule has 0 saturated heterocycles. The molecule has 35 heavy (non-hydrogen) atoms. The molecule has 7 aromatic rings. The van der Waals surface area contributed by atoms with Gasteiger partial charge in [0.2, 0.25) is 0 Å². The summed E-state index contributed by atoms with van der Waals surface area (Å²) >= 11 is 0. The number of pyridine rings is 1. The molecule has 0 bridgehead atoms. The van der Waals surface area contributed by atoms with Crippen molar-refractivity contribution in [1.82, 2.24) is 9.55 Å². The van der Waals surface area contributed by atoms with Crippen LogP contribution in [0.3, 0.4) is 0 Å². The summed E-state index contributed by atoms with van der Waals surface area (Å²) in [5, 5.41) is 4.83. The van der Waals surface area contributed by atoms with Gasteiger partial charge in [-0.1, -0.05) is 36.4 Å². The van der Waals surface area contributed by atoms with E-state index in [4.69, 9.17) is 4.42 Å². The summed E-state index contributed by atoms with van der Waals surface area (Å²) in [4.78, 5) is 4.49. The minimum atomic E-state index is 0. The molecule has 0 aliphatic heterocycles. The van der Waals surface area contributed by atoms with Crippen molar-refractivity contribution < 1.29 is 24.5 Å². The molecule has 0 N–H and O–H groups in total. The molecule has 0 spiro atoms. The maximum absolute atomic E-state index is 6.18. The Labute approximate surface area is 216 Å².